The Labute approximate surface area is 96.0 Å². The second-order valence-electron chi connectivity index (χ2n) is 4.47. The number of piperidine rings is 1. The van der Waals surface area contributed by atoms with Crippen LogP contribution in [0.25, 0.3) is 0 Å². The lowest BCUT2D eigenvalue weighted by Crippen LogP contribution is -2.47. The number of rotatable bonds is 2. The van der Waals surface area contributed by atoms with Crippen LogP contribution in [0.4, 0.5) is 11.5 Å². The molecular formula is C11H19N5. The van der Waals surface area contributed by atoms with Crippen molar-refractivity contribution < 1.29 is 0 Å². The lowest BCUT2D eigenvalue weighted by atomic mass is 10.00. The summed E-state index contributed by atoms with van der Waals surface area (Å²) >= 11 is 0. The zero-order valence-electron chi connectivity index (χ0n) is 9.85. The summed E-state index contributed by atoms with van der Waals surface area (Å²) in [5.41, 5.74) is 9.71. The van der Waals surface area contributed by atoms with Gasteiger partial charge in [0, 0.05) is 12.1 Å². The summed E-state index contributed by atoms with van der Waals surface area (Å²) in [5, 5.41) is 2.24. The molecule has 3 N–H and O–H groups in total. The zero-order valence-corrected chi connectivity index (χ0v) is 9.85. The van der Waals surface area contributed by atoms with E-state index in [9.17, 15) is 0 Å². The summed E-state index contributed by atoms with van der Waals surface area (Å²) < 4.78 is 0. The number of nitrogens with two attached hydrogens (primary N) is 1. The van der Waals surface area contributed by atoms with Crippen molar-refractivity contribution in [2.45, 2.75) is 45.2 Å². The number of hydrogen-bond acceptors (Lipinski definition) is 5. The molecule has 1 aromatic heterocycles. The van der Waals surface area contributed by atoms with Gasteiger partial charge in [-0.25, -0.2) is 15.0 Å². The predicted molar refractivity (Wildman–Crippen MR) is 64.7 cm³/mol. The summed E-state index contributed by atoms with van der Waals surface area (Å²) in [6.45, 7) is 4.44. The molecule has 0 amide bonds. The fourth-order valence-electron chi connectivity index (χ4n) is 2.20. The van der Waals surface area contributed by atoms with Crippen molar-refractivity contribution >= 4 is 11.5 Å². The van der Waals surface area contributed by atoms with Crippen molar-refractivity contribution in [2.24, 2.45) is 0 Å². The molecule has 88 valence electrons. The van der Waals surface area contributed by atoms with Gasteiger partial charge in [0.2, 0.25) is 0 Å². The lowest BCUT2D eigenvalue weighted by molar-refractivity contribution is 0.135. The molecule has 0 spiro atoms. The fraction of sp³-hybridized carbons (Fsp3) is 0.636. The molecule has 2 rings (SSSR count). The largest absolute Gasteiger partial charge is 0.394 e. The van der Waals surface area contributed by atoms with Crippen molar-refractivity contribution in [3.63, 3.8) is 0 Å². The molecule has 1 saturated heterocycles. The first-order valence-corrected chi connectivity index (χ1v) is 5.79. The van der Waals surface area contributed by atoms with E-state index in [1.165, 1.54) is 25.6 Å². The lowest BCUT2D eigenvalue weighted by Gasteiger charge is -2.39. The number of hydrogen-bond donors (Lipinski definition) is 2. The maximum Gasteiger partial charge on any atom is 0.167 e. The molecule has 0 aromatic carbocycles. The third kappa shape index (κ3) is 2.24. The quantitative estimate of drug-likeness (QED) is 0.794. The standard InChI is InChI=1S/C11H19N5/c1-8-4-3-5-9(2)16(8)15-11-10(12)6-13-7-14-11/h6-9H,3-5,12H2,1-2H3,(H,13,14,15). The molecule has 0 aliphatic carbocycles. The molecule has 2 heterocycles. The molecule has 16 heavy (non-hydrogen) atoms. The Bertz CT molecular complexity index is 344. The predicted octanol–water partition coefficient (Wildman–Crippen LogP) is 1.65. The molecule has 5 heteroatoms. The highest BCUT2D eigenvalue weighted by molar-refractivity contribution is 5.58. The van der Waals surface area contributed by atoms with Crippen LogP contribution in [0.2, 0.25) is 0 Å². The van der Waals surface area contributed by atoms with E-state index >= 15 is 0 Å². The maximum absolute atomic E-state index is 5.81. The Hall–Kier alpha value is -1.36. The van der Waals surface area contributed by atoms with Gasteiger partial charge in [-0.15, -0.1) is 0 Å². The maximum atomic E-state index is 5.81. The Kier molecular flexibility index (Phi) is 3.24. The van der Waals surface area contributed by atoms with E-state index in [1.807, 2.05) is 0 Å². The van der Waals surface area contributed by atoms with Gasteiger partial charge >= 0.3 is 0 Å². The number of nitrogens with one attached hydrogen (secondary N) is 1. The van der Waals surface area contributed by atoms with Crippen LogP contribution in [0.5, 0.6) is 0 Å². The van der Waals surface area contributed by atoms with E-state index in [4.69, 9.17) is 5.73 Å². The second kappa shape index (κ2) is 4.65. The topological polar surface area (TPSA) is 67.1 Å². The molecule has 1 fully saturated rings. The molecular weight excluding hydrogens is 202 g/mol. The minimum atomic E-state index is 0.512. The summed E-state index contributed by atoms with van der Waals surface area (Å²) in [7, 11) is 0. The first-order chi connectivity index (χ1) is 7.68. The van der Waals surface area contributed by atoms with Crippen LogP contribution < -0.4 is 11.2 Å². The van der Waals surface area contributed by atoms with E-state index in [0.29, 0.717) is 23.6 Å². The normalized spacial score (nSPS) is 26.6. The van der Waals surface area contributed by atoms with Gasteiger partial charge in [0.1, 0.15) is 6.33 Å². The van der Waals surface area contributed by atoms with E-state index < -0.39 is 0 Å². The third-order valence-electron chi connectivity index (χ3n) is 3.17. The van der Waals surface area contributed by atoms with Gasteiger partial charge in [0.25, 0.3) is 0 Å². The summed E-state index contributed by atoms with van der Waals surface area (Å²) in [5.74, 6) is 0.704. The van der Waals surface area contributed by atoms with Crippen LogP contribution in [0.3, 0.4) is 0 Å². The highest BCUT2D eigenvalue weighted by Gasteiger charge is 2.25. The summed E-state index contributed by atoms with van der Waals surface area (Å²) in [6.07, 6.45) is 6.84. The average Bonchev–Trinajstić information content (AvgIpc) is 2.26. The van der Waals surface area contributed by atoms with Crippen molar-refractivity contribution in [1.82, 2.24) is 15.0 Å². The van der Waals surface area contributed by atoms with E-state index in [1.54, 1.807) is 6.20 Å². The van der Waals surface area contributed by atoms with Gasteiger partial charge in [0.15, 0.2) is 5.82 Å². The van der Waals surface area contributed by atoms with Gasteiger partial charge in [-0.1, -0.05) is 6.42 Å². The third-order valence-corrected chi connectivity index (χ3v) is 3.17. The van der Waals surface area contributed by atoms with Crippen molar-refractivity contribution in [3.8, 4) is 0 Å². The van der Waals surface area contributed by atoms with Gasteiger partial charge < -0.3 is 11.2 Å². The van der Waals surface area contributed by atoms with Gasteiger partial charge in [-0.05, 0) is 26.7 Å². The Morgan fingerprint density at radius 3 is 2.69 bits per heavy atom. The number of aromatic nitrogens is 2. The first kappa shape index (κ1) is 11.1. The highest BCUT2D eigenvalue weighted by atomic mass is 15.5. The van der Waals surface area contributed by atoms with E-state index in [2.05, 4.69) is 34.3 Å². The van der Waals surface area contributed by atoms with Crippen molar-refractivity contribution in [3.05, 3.63) is 12.5 Å². The second-order valence-corrected chi connectivity index (χ2v) is 4.47. The average molecular weight is 221 g/mol. The summed E-state index contributed by atoms with van der Waals surface area (Å²) in [4.78, 5) is 8.03. The van der Waals surface area contributed by atoms with Gasteiger partial charge in [-0.2, -0.15) is 0 Å². The summed E-state index contributed by atoms with van der Waals surface area (Å²) in [6, 6.07) is 1.02. The van der Waals surface area contributed by atoms with Crippen LogP contribution in [-0.4, -0.2) is 27.1 Å². The van der Waals surface area contributed by atoms with Crippen LogP contribution in [0, 0.1) is 0 Å². The Morgan fingerprint density at radius 2 is 2.06 bits per heavy atom. The molecule has 1 aliphatic heterocycles. The zero-order chi connectivity index (χ0) is 11.5. The molecule has 0 saturated carbocycles. The molecule has 1 aromatic rings. The smallest absolute Gasteiger partial charge is 0.167 e. The molecule has 5 nitrogen and oxygen atoms in total. The highest BCUT2D eigenvalue weighted by Crippen LogP contribution is 2.24. The van der Waals surface area contributed by atoms with E-state index in [-0.39, 0.29) is 0 Å². The van der Waals surface area contributed by atoms with Gasteiger partial charge in [0.05, 0.1) is 11.9 Å². The van der Waals surface area contributed by atoms with Crippen LogP contribution in [0.1, 0.15) is 33.1 Å². The minimum absolute atomic E-state index is 0.512. The Balaban J connectivity index is 2.11. The van der Waals surface area contributed by atoms with Gasteiger partial charge in [-0.3, -0.25) is 0 Å². The number of nitrogen functional groups attached to an aromatic ring is 1. The van der Waals surface area contributed by atoms with Crippen LogP contribution in [0.15, 0.2) is 12.5 Å². The molecule has 1 aliphatic rings. The van der Waals surface area contributed by atoms with Crippen LogP contribution in [-0.2, 0) is 0 Å². The molecule has 0 radical (unpaired) electrons. The number of hydrazine groups is 1. The van der Waals surface area contributed by atoms with Crippen LogP contribution >= 0.6 is 0 Å². The Morgan fingerprint density at radius 1 is 1.38 bits per heavy atom. The molecule has 2 unspecified atom stereocenters. The minimum Gasteiger partial charge on any atom is -0.394 e. The first-order valence-electron chi connectivity index (χ1n) is 5.79. The molecule has 2 atom stereocenters. The van der Waals surface area contributed by atoms with E-state index in [0.717, 1.165) is 0 Å². The monoisotopic (exact) mass is 221 g/mol. The van der Waals surface area contributed by atoms with Crippen molar-refractivity contribution in [1.29, 1.82) is 0 Å². The molecule has 0 bridgehead atoms. The van der Waals surface area contributed by atoms with Crippen molar-refractivity contribution in [2.75, 3.05) is 11.2 Å². The number of anilines is 2. The fourth-order valence-corrected chi connectivity index (χ4v) is 2.20. The number of nitrogens with zero attached hydrogens (tertiary/aromatic N) is 3. The SMILES string of the molecule is CC1CCCC(C)N1Nc1ncncc1N.